The highest BCUT2D eigenvalue weighted by molar-refractivity contribution is 7.21. The Balaban J connectivity index is 2.45. The molecule has 2 rings (SSSR count). The average Bonchev–Trinajstić information content (AvgIpc) is 2.75. The largest absolute Gasteiger partial charge is 0.497 e. The van der Waals surface area contributed by atoms with Gasteiger partial charge in [-0.05, 0) is 18.2 Å². The summed E-state index contributed by atoms with van der Waals surface area (Å²) < 4.78 is 6.09. The zero-order valence-electron chi connectivity index (χ0n) is 10.6. The van der Waals surface area contributed by atoms with E-state index in [1.54, 1.807) is 14.2 Å². The normalized spacial score (nSPS) is 10.7. The molecule has 19 heavy (non-hydrogen) atoms. The highest BCUT2D eigenvalue weighted by Crippen LogP contribution is 2.37. The van der Waals surface area contributed by atoms with Crippen molar-refractivity contribution in [2.24, 2.45) is 0 Å². The molecule has 1 aromatic carbocycles. The fourth-order valence-electron chi connectivity index (χ4n) is 1.74. The van der Waals surface area contributed by atoms with Gasteiger partial charge >= 0.3 is 0 Å². The summed E-state index contributed by atoms with van der Waals surface area (Å²) in [5.74, 6) is 0.522. The summed E-state index contributed by atoms with van der Waals surface area (Å²) in [7, 11) is 3.22. The topological polar surface area (TPSA) is 49.8 Å². The number of fused-ring (bicyclic) bond motifs is 1. The van der Waals surface area contributed by atoms with E-state index >= 15 is 0 Å². The summed E-state index contributed by atoms with van der Waals surface area (Å²) >= 11 is 7.62. The first-order valence-electron chi connectivity index (χ1n) is 5.71. The van der Waals surface area contributed by atoms with E-state index in [1.165, 1.54) is 16.2 Å². The van der Waals surface area contributed by atoms with Crippen LogP contribution in [-0.2, 0) is 0 Å². The summed E-state index contributed by atoms with van der Waals surface area (Å²) in [6.07, 6.45) is 0. The van der Waals surface area contributed by atoms with Gasteiger partial charge in [0.25, 0.3) is 5.91 Å². The number of methoxy groups -OCH3 is 1. The molecule has 1 heterocycles. The van der Waals surface area contributed by atoms with Crippen LogP contribution in [0.3, 0.4) is 0 Å². The molecule has 0 spiro atoms. The van der Waals surface area contributed by atoms with E-state index in [9.17, 15) is 4.79 Å². The molecule has 0 fully saturated rings. The SMILES string of the molecule is COc1ccc2sc(C(=O)N(C)CCO)c(Cl)c2c1. The van der Waals surface area contributed by atoms with E-state index in [1.807, 2.05) is 18.2 Å². The van der Waals surface area contributed by atoms with Gasteiger partial charge in [-0.25, -0.2) is 0 Å². The molecule has 0 unspecified atom stereocenters. The molecule has 6 heteroatoms. The number of aliphatic hydroxyl groups is 1. The van der Waals surface area contributed by atoms with E-state index in [4.69, 9.17) is 21.4 Å². The van der Waals surface area contributed by atoms with Crippen molar-refractivity contribution in [1.29, 1.82) is 0 Å². The number of hydrogen-bond donors (Lipinski definition) is 1. The lowest BCUT2D eigenvalue weighted by molar-refractivity contribution is 0.0772. The van der Waals surface area contributed by atoms with Crippen molar-refractivity contribution in [2.75, 3.05) is 27.3 Å². The van der Waals surface area contributed by atoms with E-state index in [-0.39, 0.29) is 19.1 Å². The van der Waals surface area contributed by atoms with Gasteiger partial charge in [0.1, 0.15) is 10.6 Å². The molecule has 1 amide bonds. The molecule has 0 bridgehead atoms. The van der Waals surface area contributed by atoms with E-state index in [0.29, 0.717) is 15.6 Å². The predicted molar refractivity (Wildman–Crippen MR) is 77.4 cm³/mol. The molecule has 2 aromatic rings. The smallest absolute Gasteiger partial charge is 0.265 e. The molecule has 0 aliphatic heterocycles. The van der Waals surface area contributed by atoms with E-state index < -0.39 is 0 Å². The van der Waals surface area contributed by atoms with Crippen LogP contribution in [0.25, 0.3) is 10.1 Å². The van der Waals surface area contributed by atoms with Crippen molar-refractivity contribution in [2.45, 2.75) is 0 Å². The zero-order valence-corrected chi connectivity index (χ0v) is 12.2. The summed E-state index contributed by atoms with van der Waals surface area (Å²) in [6, 6.07) is 5.53. The third kappa shape index (κ3) is 2.68. The summed E-state index contributed by atoms with van der Waals surface area (Å²) in [4.78, 5) is 14.1. The molecule has 1 aromatic heterocycles. The molecule has 1 N–H and O–H groups in total. The average molecular weight is 300 g/mol. The van der Waals surface area contributed by atoms with E-state index in [0.717, 1.165) is 10.1 Å². The second-order valence-corrected chi connectivity index (χ2v) is 5.49. The molecule has 0 atom stereocenters. The quantitative estimate of drug-likeness (QED) is 0.944. The maximum absolute atomic E-state index is 12.2. The van der Waals surface area contributed by atoms with E-state index in [2.05, 4.69) is 0 Å². The van der Waals surface area contributed by atoms with Gasteiger partial charge < -0.3 is 14.7 Å². The van der Waals surface area contributed by atoms with Gasteiger partial charge in [-0.2, -0.15) is 0 Å². The Labute approximate surface area is 120 Å². The van der Waals surface area contributed by atoms with Crippen molar-refractivity contribution in [3.8, 4) is 5.75 Å². The first-order valence-corrected chi connectivity index (χ1v) is 6.90. The lowest BCUT2D eigenvalue weighted by Crippen LogP contribution is -2.28. The number of halogens is 1. The summed E-state index contributed by atoms with van der Waals surface area (Å²) in [6.45, 7) is 0.214. The summed E-state index contributed by atoms with van der Waals surface area (Å²) in [5, 5.41) is 10.1. The van der Waals surface area contributed by atoms with Crippen molar-refractivity contribution in [1.82, 2.24) is 4.90 Å². The highest BCUT2D eigenvalue weighted by atomic mass is 35.5. The molecule has 0 radical (unpaired) electrons. The Morgan fingerprint density at radius 3 is 2.89 bits per heavy atom. The van der Waals surface area contributed by atoms with Crippen LogP contribution in [0.2, 0.25) is 5.02 Å². The van der Waals surface area contributed by atoms with Crippen LogP contribution in [0.5, 0.6) is 5.75 Å². The number of aliphatic hydroxyl groups excluding tert-OH is 1. The lowest BCUT2D eigenvalue weighted by atomic mass is 10.2. The van der Waals surface area contributed by atoms with Crippen molar-refractivity contribution in [3.63, 3.8) is 0 Å². The van der Waals surface area contributed by atoms with Gasteiger partial charge in [-0.15, -0.1) is 11.3 Å². The second kappa shape index (κ2) is 5.77. The number of hydrogen-bond acceptors (Lipinski definition) is 4. The Bertz CT molecular complexity index is 611. The number of benzene rings is 1. The minimum absolute atomic E-state index is 0.0709. The number of ether oxygens (including phenoxy) is 1. The van der Waals surface area contributed by atoms with Gasteiger partial charge in [0.15, 0.2) is 0 Å². The van der Waals surface area contributed by atoms with Crippen molar-refractivity contribution < 1.29 is 14.6 Å². The molecule has 0 aliphatic rings. The Hall–Kier alpha value is -1.30. The Morgan fingerprint density at radius 2 is 2.26 bits per heavy atom. The second-order valence-electron chi connectivity index (χ2n) is 4.06. The monoisotopic (exact) mass is 299 g/mol. The third-order valence-corrected chi connectivity index (χ3v) is 4.47. The van der Waals surface area contributed by atoms with Crippen LogP contribution in [0.15, 0.2) is 18.2 Å². The third-order valence-electron chi connectivity index (χ3n) is 2.81. The number of amides is 1. The molecule has 0 saturated carbocycles. The number of thiophene rings is 1. The fourth-order valence-corrected chi connectivity index (χ4v) is 3.21. The molecule has 4 nitrogen and oxygen atoms in total. The molecular weight excluding hydrogens is 286 g/mol. The maximum atomic E-state index is 12.2. The molecular formula is C13H14ClNO3S. The lowest BCUT2D eigenvalue weighted by Gasteiger charge is -2.14. The molecule has 0 aliphatic carbocycles. The van der Waals surface area contributed by atoms with Crippen molar-refractivity contribution in [3.05, 3.63) is 28.1 Å². The van der Waals surface area contributed by atoms with Gasteiger partial charge in [-0.1, -0.05) is 11.6 Å². The molecule has 0 saturated heterocycles. The first kappa shape index (κ1) is 14.1. The van der Waals surface area contributed by atoms with Crippen LogP contribution < -0.4 is 4.74 Å². The van der Waals surface area contributed by atoms with Gasteiger partial charge in [0, 0.05) is 23.7 Å². The number of carbonyl (C=O) groups is 1. The van der Waals surface area contributed by atoms with Gasteiger partial charge in [0.2, 0.25) is 0 Å². The number of likely N-dealkylation sites (N-methyl/N-ethyl adjacent to an activating group) is 1. The predicted octanol–water partition coefficient (Wildman–Crippen LogP) is 2.63. The van der Waals surface area contributed by atoms with Gasteiger partial charge in [0.05, 0.1) is 18.7 Å². The van der Waals surface area contributed by atoms with Crippen LogP contribution in [0.4, 0.5) is 0 Å². The van der Waals surface area contributed by atoms with Crippen molar-refractivity contribution >= 4 is 38.9 Å². The van der Waals surface area contributed by atoms with Gasteiger partial charge in [-0.3, -0.25) is 4.79 Å². The standard InChI is InChI=1S/C13H14ClNO3S/c1-15(5-6-16)13(17)12-11(14)9-7-8(18-2)3-4-10(9)19-12/h3-4,7,16H,5-6H2,1-2H3. The van der Waals surface area contributed by atoms with Crippen LogP contribution in [0.1, 0.15) is 9.67 Å². The minimum atomic E-state index is -0.181. The number of carbonyl (C=O) groups excluding carboxylic acids is 1. The number of rotatable bonds is 4. The Morgan fingerprint density at radius 1 is 1.53 bits per heavy atom. The maximum Gasteiger partial charge on any atom is 0.265 e. The number of nitrogens with zero attached hydrogens (tertiary/aromatic N) is 1. The highest BCUT2D eigenvalue weighted by Gasteiger charge is 2.20. The Kier molecular flexibility index (Phi) is 4.29. The van der Waals surface area contributed by atoms with Crippen LogP contribution in [-0.4, -0.2) is 43.2 Å². The summed E-state index contributed by atoms with van der Waals surface area (Å²) in [5.41, 5.74) is 0. The zero-order chi connectivity index (χ0) is 14.0. The first-order chi connectivity index (χ1) is 9.08. The minimum Gasteiger partial charge on any atom is -0.497 e. The van der Waals surface area contributed by atoms with Crippen LogP contribution in [0, 0.1) is 0 Å². The molecule has 102 valence electrons. The van der Waals surface area contributed by atoms with Crippen LogP contribution >= 0.6 is 22.9 Å². The fraction of sp³-hybridized carbons (Fsp3) is 0.308.